The van der Waals surface area contributed by atoms with Gasteiger partial charge in [0.25, 0.3) is 0 Å². The monoisotopic (exact) mass is 1190 g/mol. The normalized spacial score (nSPS) is 12.7. The Morgan fingerprint density at radius 3 is 1.08 bits per heavy atom. The number of hydrogen-bond acceptors (Lipinski definition) is 4. The number of para-hydroxylation sites is 4. The van der Waals surface area contributed by atoms with Crippen molar-refractivity contribution < 1.29 is 18.7 Å². The second-order valence-corrected chi connectivity index (χ2v) is 22.5. The van der Waals surface area contributed by atoms with Crippen LogP contribution in [-0.4, -0.2) is 10.9 Å². The SMILES string of the molecule is C.Ic1c(-c2cccc3c2oc2ccccc23)c2ccccc2c2ccccc12.O=C1c2ccccc2-c2ccccc21.OC1(c2c(-c3cccc4c3oc3ccccc34)c3ccccc3c3ccccc23)c2ccccc2-c2ccccc21. The number of ketones is 1. The van der Waals surface area contributed by atoms with Gasteiger partial charge in [0.15, 0.2) is 5.78 Å². The van der Waals surface area contributed by atoms with Crippen LogP contribution >= 0.6 is 22.6 Å². The van der Waals surface area contributed by atoms with Gasteiger partial charge in [-0.1, -0.05) is 274 Å². The van der Waals surface area contributed by atoms with E-state index in [0.717, 1.165) is 121 Å². The number of halogens is 1. The van der Waals surface area contributed by atoms with Crippen molar-refractivity contribution in [2.24, 2.45) is 0 Å². The molecule has 14 aromatic carbocycles. The van der Waals surface area contributed by atoms with E-state index in [9.17, 15) is 9.90 Å². The summed E-state index contributed by atoms with van der Waals surface area (Å²) in [4.78, 5) is 11.9. The van der Waals surface area contributed by atoms with Crippen molar-refractivity contribution in [3.05, 3.63) is 310 Å². The Balaban J connectivity index is 0.000000120. The zero-order valence-electron chi connectivity index (χ0n) is 44.6. The summed E-state index contributed by atoms with van der Waals surface area (Å²) in [5.74, 6) is 0.149. The first-order valence-corrected chi connectivity index (χ1v) is 29.0. The highest BCUT2D eigenvalue weighted by Crippen LogP contribution is 2.57. The minimum atomic E-state index is -1.37. The Labute approximate surface area is 498 Å². The van der Waals surface area contributed by atoms with Crippen LogP contribution in [0.5, 0.6) is 0 Å². The Morgan fingerprint density at radius 2 is 0.595 bits per heavy atom. The lowest BCUT2D eigenvalue weighted by Gasteiger charge is -2.31. The fourth-order valence-corrected chi connectivity index (χ4v) is 14.6. The van der Waals surface area contributed by atoms with Crippen LogP contribution in [0.4, 0.5) is 0 Å². The lowest BCUT2D eigenvalue weighted by molar-refractivity contribution is 0.104. The van der Waals surface area contributed by atoms with E-state index in [1.165, 1.54) is 41.5 Å². The highest BCUT2D eigenvalue weighted by atomic mass is 127. The molecule has 398 valence electrons. The zero-order chi connectivity index (χ0) is 55.3. The van der Waals surface area contributed by atoms with Crippen molar-refractivity contribution in [2.45, 2.75) is 13.0 Å². The maximum atomic E-state index is 13.3. The average Bonchev–Trinajstić information content (AvgIpc) is 1.56. The molecule has 1 N–H and O–H groups in total. The number of furan rings is 2. The summed E-state index contributed by atoms with van der Waals surface area (Å²) in [6, 6.07) is 95.7. The smallest absolute Gasteiger partial charge is 0.194 e. The van der Waals surface area contributed by atoms with Crippen LogP contribution in [0.3, 0.4) is 0 Å². The molecule has 2 aliphatic carbocycles. The van der Waals surface area contributed by atoms with Crippen molar-refractivity contribution in [1.29, 1.82) is 0 Å². The molecular weight excluding hydrogens is 1140 g/mol. The molecule has 16 aromatic rings. The van der Waals surface area contributed by atoms with Crippen LogP contribution < -0.4 is 0 Å². The molecule has 4 nitrogen and oxygen atoms in total. The summed E-state index contributed by atoms with van der Waals surface area (Å²) in [5.41, 5.74) is 15.2. The number of benzene rings is 14. The molecule has 0 unspecified atom stereocenters. The van der Waals surface area contributed by atoms with E-state index >= 15 is 0 Å². The Bertz CT molecular complexity index is 5260. The third kappa shape index (κ3) is 7.66. The molecule has 0 spiro atoms. The molecule has 2 aliphatic rings. The molecule has 18 rings (SSSR count). The highest BCUT2D eigenvalue weighted by molar-refractivity contribution is 14.1. The van der Waals surface area contributed by atoms with E-state index in [0.29, 0.717) is 0 Å². The van der Waals surface area contributed by atoms with Crippen molar-refractivity contribution in [2.75, 3.05) is 0 Å². The van der Waals surface area contributed by atoms with Crippen molar-refractivity contribution >= 4 is 115 Å². The third-order valence-corrected chi connectivity index (χ3v) is 18.2. The van der Waals surface area contributed by atoms with E-state index < -0.39 is 5.60 Å². The Hall–Kier alpha value is -9.92. The summed E-state index contributed by atoms with van der Waals surface area (Å²) in [6.45, 7) is 0. The highest BCUT2D eigenvalue weighted by Gasteiger charge is 2.46. The predicted octanol–water partition coefficient (Wildman–Crippen LogP) is 21.5. The van der Waals surface area contributed by atoms with Gasteiger partial charge in [-0.2, -0.15) is 0 Å². The third-order valence-electron chi connectivity index (χ3n) is 17.1. The summed E-state index contributed by atoms with van der Waals surface area (Å²) in [5, 5.41) is 27.3. The van der Waals surface area contributed by atoms with Crippen LogP contribution in [0.25, 0.3) is 131 Å². The molecule has 84 heavy (non-hydrogen) atoms. The average molecular weight is 1190 g/mol. The van der Waals surface area contributed by atoms with Crippen molar-refractivity contribution in [3.63, 3.8) is 0 Å². The van der Waals surface area contributed by atoms with Gasteiger partial charge in [-0.15, -0.1) is 0 Å². The molecule has 0 fully saturated rings. The zero-order valence-corrected chi connectivity index (χ0v) is 46.8. The van der Waals surface area contributed by atoms with E-state index in [1.54, 1.807) is 0 Å². The molecule has 5 heteroatoms. The van der Waals surface area contributed by atoms with Gasteiger partial charge in [0, 0.05) is 75.2 Å². The van der Waals surface area contributed by atoms with Crippen molar-refractivity contribution in [1.82, 2.24) is 0 Å². The molecule has 2 heterocycles. The van der Waals surface area contributed by atoms with Gasteiger partial charge in [0.2, 0.25) is 0 Å². The fourth-order valence-electron chi connectivity index (χ4n) is 13.5. The molecule has 0 saturated carbocycles. The lowest BCUT2D eigenvalue weighted by Crippen LogP contribution is -2.27. The summed E-state index contributed by atoms with van der Waals surface area (Å²) in [7, 11) is 0. The second-order valence-electron chi connectivity index (χ2n) is 21.4. The fraction of sp³-hybridized carbons (Fsp3) is 0.0253. The lowest BCUT2D eigenvalue weighted by atomic mass is 9.75. The van der Waals surface area contributed by atoms with Crippen LogP contribution in [0.2, 0.25) is 0 Å². The molecule has 0 radical (unpaired) electrons. The topological polar surface area (TPSA) is 63.6 Å². The number of carbonyl (C=O) groups excluding carboxylic acids is 1. The molecule has 2 aromatic heterocycles. The van der Waals surface area contributed by atoms with Gasteiger partial charge in [-0.05, 0) is 100 Å². The molecular formula is C79H51IO4. The van der Waals surface area contributed by atoms with E-state index in [1.807, 2.05) is 84.9 Å². The molecule has 0 bridgehead atoms. The van der Waals surface area contributed by atoms with Crippen LogP contribution in [-0.2, 0) is 5.60 Å². The second kappa shape index (κ2) is 20.2. The summed E-state index contributed by atoms with van der Waals surface area (Å²) in [6.07, 6.45) is 0. The van der Waals surface area contributed by atoms with Gasteiger partial charge >= 0.3 is 0 Å². The molecule has 0 aliphatic heterocycles. The summed E-state index contributed by atoms with van der Waals surface area (Å²) >= 11 is 2.50. The first kappa shape index (κ1) is 51.0. The standard InChI is InChI=1S/C39H24O2.C26H15IO.C13H8O.CH4/c40-39(33-21-8-5-14-26(33)27-15-6-9-22-34(27)39)37-30-18-4-2-13-25(30)24-12-1-3-17-29(24)36(37)32-20-11-19-31-28-16-7-10-23-35(28)41-38(31)32;27-25-20-12-4-2-9-17(20)16-8-1-3-11-19(16)24(25)22-14-7-13-21-18-10-5-6-15-23(18)28-26(21)22;14-13-11-7-3-1-5-9(11)10-6-2-4-8-12(10)13;/h1-23,40H;1-15H;1-8H;1H4. The largest absolute Gasteiger partial charge is 0.455 e. The minimum absolute atomic E-state index is 0. The van der Waals surface area contributed by atoms with Gasteiger partial charge in [0.05, 0.1) is 0 Å². The summed E-state index contributed by atoms with van der Waals surface area (Å²) < 4.78 is 14.2. The molecule has 0 amide bonds. The Kier molecular flexibility index (Phi) is 12.3. The van der Waals surface area contributed by atoms with E-state index in [2.05, 4.69) is 217 Å². The Morgan fingerprint density at radius 1 is 0.286 bits per heavy atom. The first-order valence-electron chi connectivity index (χ1n) is 27.9. The van der Waals surface area contributed by atoms with E-state index in [-0.39, 0.29) is 13.2 Å². The number of fused-ring (bicyclic) bond motifs is 18. The number of hydrogen-bond donors (Lipinski definition) is 1. The number of aliphatic hydroxyl groups is 1. The van der Waals surface area contributed by atoms with E-state index in [4.69, 9.17) is 8.83 Å². The van der Waals surface area contributed by atoms with Crippen molar-refractivity contribution in [3.8, 4) is 44.5 Å². The van der Waals surface area contributed by atoms with Gasteiger partial charge < -0.3 is 13.9 Å². The quantitative estimate of drug-likeness (QED) is 0.141. The maximum Gasteiger partial charge on any atom is 0.194 e. The minimum Gasteiger partial charge on any atom is -0.455 e. The number of carbonyl (C=O) groups is 1. The van der Waals surface area contributed by atoms with Gasteiger partial charge in [-0.3, -0.25) is 4.79 Å². The molecule has 0 saturated heterocycles. The first-order chi connectivity index (χ1) is 41.0. The van der Waals surface area contributed by atoms with Crippen LogP contribution in [0, 0.1) is 3.57 Å². The van der Waals surface area contributed by atoms with Gasteiger partial charge in [-0.25, -0.2) is 0 Å². The maximum absolute atomic E-state index is 13.3. The van der Waals surface area contributed by atoms with Crippen LogP contribution in [0.15, 0.2) is 288 Å². The van der Waals surface area contributed by atoms with Crippen LogP contribution in [0.1, 0.15) is 40.0 Å². The molecule has 0 atom stereocenters. The predicted molar refractivity (Wildman–Crippen MR) is 357 cm³/mol. The van der Waals surface area contributed by atoms with Gasteiger partial charge in [0.1, 0.15) is 27.9 Å². The number of rotatable bonds is 3.